The minimum absolute atomic E-state index is 0.112. The predicted molar refractivity (Wildman–Crippen MR) is 115 cm³/mol. The van der Waals surface area contributed by atoms with Crippen molar-refractivity contribution in [2.24, 2.45) is 0 Å². The maximum Gasteiger partial charge on any atom is 0.259 e. The summed E-state index contributed by atoms with van der Waals surface area (Å²) in [7, 11) is 0. The molecule has 0 N–H and O–H groups in total. The Bertz CT molecular complexity index is 867. The molecule has 2 atom stereocenters. The van der Waals surface area contributed by atoms with E-state index in [2.05, 4.69) is 0 Å². The van der Waals surface area contributed by atoms with Gasteiger partial charge in [0.15, 0.2) is 12.6 Å². The zero-order chi connectivity index (χ0) is 21.8. The summed E-state index contributed by atoms with van der Waals surface area (Å²) < 4.78 is 31.7. The lowest BCUT2D eigenvalue weighted by Crippen LogP contribution is -2.27. The summed E-state index contributed by atoms with van der Waals surface area (Å²) in [6.45, 7) is 7.86. The second kappa shape index (κ2) is 9.94. The van der Waals surface area contributed by atoms with Crippen LogP contribution in [0.5, 0.6) is 5.75 Å². The van der Waals surface area contributed by atoms with Gasteiger partial charge in [0, 0.05) is 23.9 Å². The molecule has 3 rings (SSSR count). The highest BCUT2D eigenvalue weighted by molar-refractivity contribution is 6.32. The van der Waals surface area contributed by atoms with Gasteiger partial charge in [-0.1, -0.05) is 24.6 Å². The Morgan fingerprint density at radius 3 is 2.53 bits per heavy atom. The maximum atomic E-state index is 15.0. The van der Waals surface area contributed by atoms with E-state index in [1.807, 2.05) is 19.9 Å². The van der Waals surface area contributed by atoms with Gasteiger partial charge in [0.1, 0.15) is 11.6 Å². The zero-order valence-electron chi connectivity index (χ0n) is 18.0. The molecule has 2 aliphatic rings. The lowest BCUT2D eigenvalue weighted by atomic mass is 9.92. The SMILES string of the molecule is CCC=C1C2=C(CCCC2)C(=O)N1c1cc(OC(C)OC(C)OCC)c(Cl)cc1F. The number of rotatable bonds is 8. The molecule has 1 aromatic carbocycles. The molecule has 0 saturated heterocycles. The number of hydrogen-bond acceptors (Lipinski definition) is 4. The number of halogens is 2. The fraction of sp³-hybridized carbons (Fsp3) is 0.522. The van der Waals surface area contributed by atoms with Crippen LogP contribution in [0, 0.1) is 5.82 Å². The first-order valence-corrected chi connectivity index (χ1v) is 10.9. The van der Waals surface area contributed by atoms with Crippen LogP contribution in [0.15, 0.2) is 35.1 Å². The second-order valence-electron chi connectivity index (χ2n) is 7.38. The molecular formula is C23H29ClFNO4. The van der Waals surface area contributed by atoms with E-state index in [-0.39, 0.29) is 22.4 Å². The van der Waals surface area contributed by atoms with Gasteiger partial charge < -0.3 is 14.2 Å². The third-order valence-corrected chi connectivity index (χ3v) is 5.49. The van der Waals surface area contributed by atoms with E-state index in [0.717, 1.165) is 48.9 Å². The molecule has 0 bridgehead atoms. The fourth-order valence-electron chi connectivity index (χ4n) is 3.98. The first kappa shape index (κ1) is 22.8. The molecule has 0 saturated carbocycles. The van der Waals surface area contributed by atoms with Crippen molar-refractivity contribution >= 4 is 23.2 Å². The van der Waals surface area contributed by atoms with Crippen molar-refractivity contribution in [1.29, 1.82) is 0 Å². The topological polar surface area (TPSA) is 48.0 Å². The maximum absolute atomic E-state index is 15.0. The average molecular weight is 438 g/mol. The summed E-state index contributed by atoms with van der Waals surface area (Å²) >= 11 is 6.23. The zero-order valence-corrected chi connectivity index (χ0v) is 18.7. The first-order valence-electron chi connectivity index (χ1n) is 10.6. The van der Waals surface area contributed by atoms with Gasteiger partial charge in [0.25, 0.3) is 5.91 Å². The van der Waals surface area contributed by atoms with Crippen LogP contribution in [0.1, 0.15) is 59.8 Å². The number of amides is 1. The van der Waals surface area contributed by atoms with Crippen LogP contribution in [0.4, 0.5) is 10.1 Å². The van der Waals surface area contributed by atoms with Gasteiger partial charge in [0.2, 0.25) is 0 Å². The summed E-state index contributed by atoms with van der Waals surface area (Å²) in [6, 6.07) is 2.65. The van der Waals surface area contributed by atoms with Gasteiger partial charge >= 0.3 is 0 Å². The summed E-state index contributed by atoms with van der Waals surface area (Å²) in [4.78, 5) is 14.6. The van der Waals surface area contributed by atoms with Crippen molar-refractivity contribution in [2.45, 2.75) is 72.4 Å². The van der Waals surface area contributed by atoms with E-state index < -0.39 is 18.4 Å². The van der Waals surface area contributed by atoms with Crippen LogP contribution >= 0.6 is 11.6 Å². The predicted octanol–water partition coefficient (Wildman–Crippen LogP) is 6.11. The van der Waals surface area contributed by atoms with Gasteiger partial charge in [-0.25, -0.2) is 4.39 Å². The Kier molecular flexibility index (Phi) is 7.55. The number of carbonyl (C=O) groups is 1. The Balaban J connectivity index is 1.91. The molecule has 0 spiro atoms. The highest BCUT2D eigenvalue weighted by atomic mass is 35.5. The number of anilines is 1. The van der Waals surface area contributed by atoms with Crippen LogP contribution in [0.3, 0.4) is 0 Å². The third-order valence-electron chi connectivity index (χ3n) is 5.20. The minimum atomic E-state index is -0.673. The molecule has 164 valence electrons. The minimum Gasteiger partial charge on any atom is -0.464 e. The van der Waals surface area contributed by atoms with E-state index in [0.29, 0.717) is 6.61 Å². The van der Waals surface area contributed by atoms with Crippen molar-refractivity contribution in [1.82, 2.24) is 0 Å². The Morgan fingerprint density at radius 1 is 1.17 bits per heavy atom. The van der Waals surface area contributed by atoms with Gasteiger partial charge in [0.05, 0.1) is 10.7 Å². The number of ether oxygens (including phenoxy) is 3. The van der Waals surface area contributed by atoms with Crippen LogP contribution in [-0.4, -0.2) is 25.1 Å². The van der Waals surface area contributed by atoms with Crippen molar-refractivity contribution in [3.05, 3.63) is 45.9 Å². The summed E-state index contributed by atoms with van der Waals surface area (Å²) in [5.74, 6) is -0.484. The van der Waals surface area contributed by atoms with E-state index >= 15 is 0 Å². The molecule has 1 aromatic rings. The van der Waals surface area contributed by atoms with Crippen molar-refractivity contribution in [3.8, 4) is 5.75 Å². The standard InChI is InChI=1S/C23H29ClFNO4/c1-5-9-20-16-10-7-8-11-17(16)23(27)26(20)21-13-22(18(24)12-19(21)25)30-15(4)29-14(3)28-6-2/h9,12-15H,5-8,10-11H2,1-4H3. The van der Waals surface area contributed by atoms with Crippen LogP contribution in [0.25, 0.3) is 0 Å². The van der Waals surface area contributed by atoms with Crippen molar-refractivity contribution in [2.75, 3.05) is 11.5 Å². The Hall–Kier alpha value is -1.89. The molecule has 1 aliphatic heterocycles. The van der Waals surface area contributed by atoms with E-state index in [1.54, 1.807) is 13.8 Å². The largest absolute Gasteiger partial charge is 0.464 e. The molecule has 0 radical (unpaired) electrons. The highest BCUT2D eigenvalue weighted by Crippen LogP contribution is 2.44. The van der Waals surface area contributed by atoms with E-state index in [9.17, 15) is 9.18 Å². The van der Waals surface area contributed by atoms with Gasteiger partial charge in [-0.2, -0.15) is 0 Å². The fourth-order valence-corrected chi connectivity index (χ4v) is 4.18. The number of carbonyl (C=O) groups excluding carboxylic acids is 1. The van der Waals surface area contributed by atoms with Crippen molar-refractivity contribution in [3.63, 3.8) is 0 Å². The number of allylic oxidation sites excluding steroid dienone is 2. The number of hydrogen-bond donors (Lipinski definition) is 0. The molecular weight excluding hydrogens is 409 g/mol. The number of nitrogens with zero attached hydrogens (tertiary/aromatic N) is 1. The first-order chi connectivity index (χ1) is 14.4. The Labute approximate surface area is 182 Å². The smallest absolute Gasteiger partial charge is 0.259 e. The quantitative estimate of drug-likeness (QED) is 0.460. The molecule has 5 nitrogen and oxygen atoms in total. The third kappa shape index (κ3) is 4.71. The molecule has 1 amide bonds. The van der Waals surface area contributed by atoms with Crippen molar-refractivity contribution < 1.29 is 23.4 Å². The Morgan fingerprint density at radius 2 is 1.87 bits per heavy atom. The molecule has 30 heavy (non-hydrogen) atoms. The molecule has 0 fully saturated rings. The molecule has 1 aliphatic carbocycles. The summed E-state index contributed by atoms with van der Waals surface area (Å²) in [5, 5.41) is 0.112. The molecule has 2 unspecified atom stereocenters. The van der Waals surface area contributed by atoms with Gasteiger partial charge in [-0.3, -0.25) is 9.69 Å². The van der Waals surface area contributed by atoms with Gasteiger partial charge in [-0.05, 0) is 64.5 Å². The van der Waals surface area contributed by atoms with E-state index in [1.165, 1.54) is 17.0 Å². The second-order valence-corrected chi connectivity index (χ2v) is 7.79. The monoisotopic (exact) mass is 437 g/mol. The average Bonchev–Trinajstić information content (AvgIpc) is 2.97. The van der Waals surface area contributed by atoms with Crippen LogP contribution in [0.2, 0.25) is 5.02 Å². The summed E-state index contributed by atoms with van der Waals surface area (Å²) in [6.07, 6.45) is 5.16. The molecule has 0 aromatic heterocycles. The van der Waals surface area contributed by atoms with E-state index in [4.69, 9.17) is 25.8 Å². The lowest BCUT2D eigenvalue weighted by Gasteiger charge is -2.24. The lowest BCUT2D eigenvalue weighted by molar-refractivity contribution is -0.202. The highest BCUT2D eigenvalue weighted by Gasteiger charge is 2.38. The molecule has 1 heterocycles. The number of benzene rings is 1. The summed E-state index contributed by atoms with van der Waals surface area (Å²) in [5.41, 5.74) is 2.74. The van der Waals surface area contributed by atoms with Crippen LogP contribution < -0.4 is 9.64 Å². The normalized spacial score (nSPS) is 20.0. The van der Waals surface area contributed by atoms with Crippen LogP contribution in [-0.2, 0) is 14.3 Å². The van der Waals surface area contributed by atoms with Gasteiger partial charge in [-0.15, -0.1) is 0 Å². The molecule has 7 heteroatoms.